The number of carbonyl (C=O) groups is 1. The summed E-state index contributed by atoms with van der Waals surface area (Å²) in [5, 5.41) is 8.56. The summed E-state index contributed by atoms with van der Waals surface area (Å²) in [4.78, 5) is 16.0. The van der Waals surface area contributed by atoms with Crippen LogP contribution in [0.2, 0.25) is 0 Å². The van der Waals surface area contributed by atoms with Gasteiger partial charge in [-0.2, -0.15) is 0 Å². The molecule has 2 saturated heterocycles. The van der Waals surface area contributed by atoms with Crippen LogP contribution in [0.4, 0.5) is 0 Å². The lowest BCUT2D eigenvalue weighted by atomic mass is 10.0. The van der Waals surface area contributed by atoms with Crippen LogP contribution in [0, 0.1) is 0 Å². The van der Waals surface area contributed by atoms with Crippen molar-refractivity contribution in [3.63, 3.8) is 0 Å². The molecule has 2 N–H and O–H groups in total. The first-order valence-corrected chi connectivity index (χ1v) is 9.04. The zero-order valence-electron chi connectivity index (χ0n) is 12.9. The van der Waals surface area contributed by atoms with Crippen molar-refractivity contribution in [3.05, 3.63) is 22.4 Å². The molecule has 5 nitrogen and oxygen atoms in total. The van der Waals surface area contributed by atoms with Crippen molar-refractivity contribution in [2.45, 2.75) is 38.0 Å². The summed E-state index contributed by atoms with van der Waals surface area (Å²) in [5.41, 5.74) is 0. The Hall–Kier alpha value is -0.950. The van der Waals surface area contributed by atoms with Gasteiger partial charge in [0.2, 0.25) is 5.91 Å². The van der Waals surface area contributed by atoms with Gasteiger partial charge in [0, 0.05) is 43.6 Å². The van der Waals surface area contributed by atoms with Crippen molar-refractivity contribution in [3.8, 4) is 0 Å². The second-order valence-corrected chi connectivity index (χ2v) is 7.13. The summed E-state index contributed by atoms with van der Waals surface area (Å²) in [6, 6.07) is 4.62. The molecule has 1 aromatic heterocycles. The normalized spacial score (nSPS) is 24.3. The Bertz CT molecular complexity index is 452. The molecule has 0 bridgehead atoms. The van der Waals surface area contributed by atoms with E-state index in [0.29, 0.717) is 19.1 Å². The summed E-state index contributed by atoms with van der Waals surface area (Å²) >= 11 is 1.82. The molecule has 0 unspecified atom stereocenters. The van der Waals surface area contributed by atoms with Gasteiger partial charge in [0.1, 0.15) is 0 Å². The first-order valence-electron chi connectivity index (χ1n) is 8.16. The number of likely N-dealkylation sites (tertiary alicyclic amines) is 1. The Morgan fingerprint density at radius 1 is 1.45 bits per heavy atom. The number of morpholine rings is 1. The molecule has 1 aromatic rings. The van der Waals surface area contributed by atoms with Gasteiger partial charge in [0.05, 0.1) is 19.1 Å². The van der Waals surface area contributed by atoms with E-state index in [0.717, 1.165) is 45.6 Å². The van der Waals surface area contributed by atoms with E-state index in [9.17, 15) is 4.79 Å². The van der Waals surface area contributed by atoms with Gasteiger partial charge in [-0.1, -0.05) is 6.07 Å². The number of hydrogen-bond acceptors (Lipinski definition) is 5. The maximum absolute atomic E-state index is 12.1. The molecule has 122 valence electrons. The van der Waals surface area contributed by atoms with Gasteiger partial charge in [-0.15, -0.1) is 11.3 Å². The molecule has 1 atom stereocenters. The lowest BCUT2D eigenvalue weighted by Gasteiger charge is -2.32. The van der Waals surface area contributed by atoms with Crippen LogP contribution in [0.1, 0.15) is 24.1 Å². The van der Waals surface area contributed by atoms with Crippen molar-refractivity contribution in [1.29, 1.82) is 0 Å². The van der Waals surface area contributed by atoms with E-state index < -0.39 is 0 Å². The van der Waals surface area contributed by atoms with E-state index in [2.05, 4.69) is 33.0 Å². The van der Waals surface area contributed by atoms with Gasteiger partial charge in [-0.25, -0.2) is 0 Å². The SMILES string of the molecule is O=C(C[C@H]1CNCCO1)NC1CCN(Cc2cccs2)CC1. The maximum Gasteiger partial charge on any atom is 0.222 e. The second kappa shape index (κ2) is 8.06. The van der Waals surface area contributed by atoms with Crippen LogP contribution in [0.3, 0.4) is 0 Å². The lowest BCUT2D eigenvalue weighted by molar-refractivity contribution is -0.125. The number of piperidine rings is 1. The molecule has 2 aliphatic rings. The van der Waals surface area contributed by atoms with E-state index in [1.165, 1.54) is 4.88 Å². The Morgan fingerprint density at radius 3 is 3.00 bits per heavy atom. The molecule has 0 spiro atoms. The summed E-state index contributed by atoms with van der Waals surface area (Å²) in [6.45, 7) is 5.54. The minimum absolute atomic E-state index is 0.0349. The predicted molar refractivity (Wildman–Crippen MR) is 88.0 cm³/mol. The maximum atomic E-state index is 12.1. The van der Waals surface area contributed by atoms with Crippen LogP contribution < -0.4 is 10.6 Å². The van der Waals surface area contributed by atoms with E-state index in [4.69, 9.17) is 4.74 Å². The highest BCUT2D eigenvalue weighted by atomic mass is 32.1. The number of thiophene rings is 1. The molecule has 0 aliphatic carbocycles. The molecule has 2 aliphatic heterocycles. The van der Waals surface area contributed by atoms with Gasteiger partial charge < -0.3 is 15.4 Å². The van der Waals surface area contributed by atoms with Gasteiger partial charge in [0.25, 0.3) is 0 Å². The van der Waals surface area contributed by atoms with Crippen molar-refractivity contribution in [2.24, 2.45) is 0 Å². The first kappa shape index (κ1) is 15.9. The molecule has 2 fully saturated rings. The average Bonchev–Trinajstić information content (AvgIpc) is 3.03. The predicted octanol–water partition coefficient (Wildman–Crippen LogP) is 1.21. The molecule has 1 amide bonds. The van der Waals surface area contributed by atoms with Crippen LogP contribution in [0.15, 0.2) is 17.5 Å². The molecule has 22 heavy (non-hydrogen) atoms. The minimum atomic E-state index is 0.0349. The third kappa shape index (κ3) is 4.78. The molecular weight excluding hydrogens is 298 g/mol. The van der Waals surface area contributed by atoms with Crippen molar-refractivity contribution in [2.75, 3.05) is 32.8 Å². The summed E-state index contributed by atoms with van der Waals surface area (Å²) in [5.74, 6) is 0.130. The number of nitrogens with zero attached hydrogens (tertiary/aromatic N) is 1. The smallest absolute Gasteiger partial charge is 0.222 e. The molecule has 3 heterocycles. The lowest BCUT2D eigenvalue weighted by Crippen LogP contribution is -2.46. The summed E-state index contributed by atoms with van der Waals surface area (Å²) in [6.07, 6.45) is 2.59. The highest BCUT2D eigenvalue weighted by molar-refractivity contribution is 7.09. The Balaban J connectivity index is 1.35. The van der Waals surface area contributed by atoms with E-state index >= 15 is 0 Å². The van der Waals surface area contributed by atoms with E-state index in [-0.39, 0.29) is 12.0 Å². The quantitative estimate of drug-likeness (QED) is 0.855. The highest BCUT2D eigenvalue weighted by Crippen LogP contribution is 2.17. The third-order valence-corrected chi connectivity index (χ3v) is 5.19. The van der Waals surface area contributed by atoms with E-state index in [1.54, 1.807) is 0 Å². The van der Waals surface area contributed by atoms with Crippen LogP contribution in [-0.4, -0.2) is 55.7 Å². The fraction of sp³-hybridized carbons (Fsp3) is 0.688. The monoisotopic (exact) mass is 323 g/mol. The third-order valence-electron chi connectivity index (χ3n) is 4.33. The number of nitrogens with one attached hydrogen (secondary N) is 2. The Kier molecular flexibility index (Phi) is 5.83. The van der Waals surface area contributed by atoms with Crippen LogP contribution >= 0.6 is 11.3 Å². The largest absolute Gasteiger partial charge is 0.375 e. The molecule has 0 saturated carbocycles. The Labute approximate surface area is 136 Å². The first-order chi connectivity index (χ1) is 10.8. The second-order valence-electron chi connectivity index (χ2n) is 6.10. The van der Waals surface area contributed by atoms with Gasteiger partial charge in [0.15, 0.2) is 0 Å². The highest BCUT2D eigenvalue weighted by Gasteiger charge is 2.23. The number of hydrogen-bond donors (Lipinski definition) is 2. The zero-order chi connectivity index (χ0) is 15.2. The molecule has 0 radical (unpaired) electrons. The van der Waals surface area contributed by atoms with Crippen LogP contribution in [0.5, 0.6) is 0 Å². The van der Waals surface area contributed by atoms with Crippen molar-refractivity contribution in [1.82, 2.24) is 15.5 Å². The molecule has 6 heteroatoms. The molecule has 0 aromatic carbocycles. The molecular formula is C16H25N3O2S. The van der Waals surface area contributed by atoms with Gasteiger partial charge in [-0.3, -0.25) is 9.69 Å². The average molecular weight is 323 g/mol. The fourth-order valence-corrected chi connectivity index (χ4v) is 3.85. The van der Waals surface area contributed by atoms with Gasteiger partial charge in [-0.05, 0) is 24.3 Å². The summed E-state index contributed by atoms with van der Waals surface area (Å²) < 4.78 is 5.58. The Morgan fingerprint density at radius 2 is 2.32 bits per heavy atom. The van der Waals surface area contributed by atoms with Crippen LogP contribution in [0.25, 0.3) is 0 Å². The van der Waals surface area contributed by atoms with Crippen molar-refractivity contribution >= 4 is 17.2 Å². The van der Waals surface area contributed by atoms with Crippen molar-refractivity contribution < 1.29 is 9.53 Å². The number of carbonyl (C=O) groups excluding carboxylic acids is 1. The van der Waals surface area contributed by atoms with Gasteiger partial charge >= 0.3 is 0 Å². The summed E-state index contributed by atoms with van der Waals surface area (Å²) in [7, 11) is 0. The van der Waals surface area contributed by atoms with E-state index in [1.807, 2.05) is 11.3 Å². The standard InChI is InChI=1S/C16H25N3O2S/c20-16(10-14-11-17-5-8-21-14)18-13-3-6-19(7-4-13)12-15-2-1-9-22-15/h1-2,9,13-14,17H,3-8,10-12H2,(H,18,20)/t14-/m0/s1. The zero-order valence-corrected chi connectivity index (χ0v) is 13.7. The van der Waals surface area contributed by atoms with Crippen LogP contribution in [-0.2, 0) is 16.1 Å². The number of amides is 1. The number of ether oxygens (including phenoxy) is 1. The number of rotatable bonds is 5. The minimum Gasteiger partial charge on any atom is -0.375 e. The topological polar surface area (TPSA) is 53.6 Å². The molecule has 3 rings (SSSR count). The fourth-order valence-electron chi connectivity index (χ4n) is 3.10.